The number of rotatable bonds is 4. The zero-order valence-corrected chi connectivity index (χ0v) is 8.10. The van der Waals surface area contributed by atoms with Crippen LogP contribution < -0.4 is 4.74 Å². The smallest absolute Gasteiger partial charge is 0.118 e. The highest BCUT2D eigenvalue weighted by atomic mass is 16.5. The van der Waals surface area contributed by atoms with Gasteiger partial charge in [0.25, 0.3) is 0 Å². The molecule has 0 saturated carbocycles. The lowest BCUT2D eigenvalue weighted by atomic mass is 10.1. The van der Waals surface area contributed by atoms with Gasteiger partial charge in [0.05, 0.1) is 12.8 Å². The minimum atomic E-state index is 0.544. The van der Waals surface area contributed by atoms with Gasteiger partial charge in [-0.2, -0.15) is 0 Å². The van der Waals surface area contributed by atoms with Gasteiger partial charge < -0.3 is 9.94 Å². The van der Waals surface area contributed by atoms with Crippen LogP contribution in [0.2, 0.25) is 0 Å². The van der Waals surface area contributed by atoms with Crippen LogP contribution in [0.1, 0.15) is 12.0 Å². The third-order valence-corrected chi connectivity index (χ3v) is 1.88. The number of hydrogen-bond acceptors (Lipinski definition) is 3. The molecule has 0 unspecified atom stereocenters. The summed E-state index contributed by atoms with van der Waals surface area (Å²) >= 11 is 0. The van der Waals surface area contributed by atoms with Crippen LogP contribution in [0.25, 0.3) is 0 Å². The fourth-order valence-electron chi connectivity index (χ4n) is 1.14. The zero-order valence-electron chi connectivity index (χ0n) is 8.10. The first kappa shape index (κ1) is 10.3. The van der Waals surface area contributed by atoms with Gasteiger partial charge in [-0.1, -0.05) is 11.2 Å². The standard InChI is InChI=1S/C11H13NO2/c1-3-4-11(12-13)9-5-7-10(14-2)8-6-9/h3,5-8,13H,1,4H2,2H3. The van der Waals surface area contributed by atoms with Crippen molar-refractivity contribution >= 4 is 5.71 Å². The number of hydrogen-bond donors (Lipinski definition) is 1. The van der Waals surface area contributed by atoms with E-state index in [0.29, 0.717) is 12.1 Å². The SMILES string of the molecule is C=CCC(=NO)c1ccc(OC)cc1. The van der Waals surface area contributed by atoms with Gasteiger partial charge in [-0.25, -0.2) is 0 Å². The lowest BCUT2D eigenvalue weighted by Crippen LogP contribution is -1.99. The molecule has 0 fully saturated rings. The number of oxime groups is 1. The molecule has 0 bridgehead atoms. The van der Waals surface area contributed by atoms with Crippen LogP contribution >= 0.6 is 0 Å². The Kier molecular flexibility index (Phi) is 3.73. The predicted octanol–water partition coefficient (Wildman–Crippen LogP) is 2.45. The van der Waals surface area contributed by atoms with E-state index in [-0.39, 0.29) is 0 Å². The maximum Gasteiger partial charge on any atom is 0.118 e. The fraction of sp³-hybridized carbons (Fsp3) is 0.182. The van der Waals surface area contributed by atoms with Crippen molar-refractivity contribution < 1.29 is 9.94 Å². The maximum absolute atomic E-state index is 8.75. The largest absolute Gasteiger partial charge is 0.497 e. The normalized spacial score (nSPS) is 11.1. The topological polar surface area (TPSA) is 41.8 Å². The second-order valence-corrected chi connectivity index (χ2v) is 2.77. The van der Waals surface area contributed by atoms with Crippen molar-refractivity contribution in [3.05, 3.63) is 42.5 Å². The molecule has 14 heavy (non-hydrogen) atoms. The van der Waals surface area contributed by atoms with Gasteiger partial charge in [-0.3, -0.25) is 0 Å². The quantitative estimate of drug-likeness (QED) is 0.344. The number of benzene rings is 1. The van der Waals surface area contributed by atoms with Crippen molar-refractivity contribution in [1.82, 2.24) is 0 Å². The predicted molar refractivity (Wildman–Crippen MR) is 56.1 cm³/mol. The van der Waals surface area contributed by atoms with E-state index < -0.39 is 0 Å². The molecular weight excluding hydrogens is 178 g/mol. The molecule has 3 heteroatoms. The molecule has 0 heterocycles. The molecule has 0 spiro atoms. The Labute approximate surface area is 83.3 Å². The van der Waals surface area contributed by atoms with E-state index in [1.165, 1.54) is 0 Å². The maximum atomic E-state index is 8.75. The Morgan fingerprint density at radius 3 is 2.57 bits per heavy atom. The Morgan fingerprint density at radius 2 is 2.14 bits per heavy atom. The zero-order chi connectivity index (χ0) is 10.4. The first-order valence-electron chi connectivity index (χ1n) is 4.28. The number of methoxy groups -OCH3 is 1. The van der Waals surface area contributed by atoms with E-state index in [9.17, 15) is 0 Å². The summed E-state index contributed by atoms with van der Waals surface area (Å²) in [5, 5.41) is 12.0. The van der Waals surface area contributed by atoms with Crippen molar-refractivity contribution in [3.8, 4) is 5.75 Å². The van der Waals surface area contributed by atoms with Crippen molar-refractivity contribution in [2.75, 3.05) is 7.11 Å². The summed E-state index contributed by atoms with van der Waals surface area (Å²) in [4.78, 5) is 0. The van der Waals surface area contributed by atoms with Gasteiger partial charge in [0.15, 0.2) is 0 Å². The Balaban J connectivity index is 2.89. The molecule has 0 atom stereocenters. The highest BCUT2D eigenvalue weighted by Crippen LogP contribution is 2.13. The average molecular weight is 191 g/mol. The van der Waals surface area contributed by atoms with E-state index >= 15 is 0 Å². The summed E-state index contributed by atoms with van der Waals surface area (Å²) in [6.07, 6.45) is 2.24. The van der Waals surface area contributed by atoms with E-state index in [2.05, 4.69) is 11.7 Å². The van der Waals surface area contributed by atoms with Crippen LogP contribution in [0.3, 0.4) is 0 Å². The summed E-state index contributed by atoms with van der Waals surface area (Å²) in [6, 6.07) is 7.34. The third kappa shape index (κ3) is 2.36. The summed E-state index contributed by atoms with van der Waals surface area (Å²) < 4.78 is 5.02. The van der Waals surface area contributed by atoms with E-state index in [0.717, 1.165) is 11.3 Å². The number of ether oxygens (including phenoxy) is 1. The highest BCUT2D eigenvalue weighted by molar-refractivity contribution is 6.01. The van der Waals surface area contributed by atoms with Gasteiger partial charge in [0.2, 0.25) is 0 Å². The lowest BCUT2D eigenvalue weighted by Gasteiger charge is -2.03. The minimum Gasteiger partial charge on any atom is -0.497 e. The molecule has 0 aliphatic carbocycles. The fourth-order valence-corrected chi connectivity index (χ4v) is 1.14. The van der Waals surface area contributed by atoms with Gasteiger partial charge in [-0.05, 0) is 29.8 Å². The first-order chi connectivity index (χ1) is 6.81. The Hall–Kier alpha value is -1.77. The number of nitrogens with zero attached hydrogens (tertiary/aromatic N) is 1. The summed E-state index contributed by atoms with van der Waals surface area (Å²) in [5.41, 5.74) is 1.47. The van der Waals surface area contributed by atoms with Gasteiger partial charge in [-0.15, -0.1) is 6.58 Å². The van der Waals surface area contributed by atoms with Crippen molar-refractivity contribution in [2.24, 2.45) is 5.16 Å². The van der Waals surface area contributed by atoms with Crippen molar-refractivity contribution in [3.63, 3.8) is 0 Å². The monoisotopic (exact) mass is 191 g/mol. The van der Waals surface area contributed by atoms with Crippen molar-refractivity contribution in [1.29, 1.82) is 0 Å². The molecule has 0 amide bonds. The van der Waals surface area contributed by atoms with Gasteiger partial charge >= 0.3 is 0 Å². The molecule has 0 saturated heterocycles. The molecule has 0 radical (unpaired) electrons. The summed E-state index contributed by atoms with van der Waals surface area (Å²) in [7, 11) is 1.61. The molecule has 1 aromatic rings. The minimum absolute atomic E-state index is 0.544. The number of allylic oxidation sites excluding steroid dienone is 1. The van der Waals surface area contributed by atoms with Gasteiger partial charge in [0.1, 0.15) is 5.75 Å². The second-order valence-electron chi connectivity index (χ2n) is 2.77. The first-order valence-corrected chi connectivity index (χ1v) is 4.28. The second kappa shape index (κ2) is 5.07. The molecule has 3 nitrogen and oxygen atoms in total. The molecule has 0 aromatic heterocycles. The molecule has 0 aliphatic rings. The highest BCUT2D eigenvalue weighted by Gasteiger charge is 2.01. The van der Waals surface area contributed by atoms with E-state index in [1.807, 2.05) is 24.3 Å². The van der Waals surface area contributed by atoms with Crippen LogP contribution in [0.5, 0.6) is 5.75 Å². The molecule has 0 aliphatic heterocycles. The molecule has 74 valence electrons. The molecule has 1 rings (SSSR count). The molecule has 1 N–H and O–H groups in total. The van der Waals surface area contributed by atoms with Crippen LogP contribution in [-0.4, -0.2) is 18.0 Å². The third-order valence-electron chi connectivity index (χ3n) is 1.88. The molecular formula is C11H13NO2. The van der Waals surface area contributed by atoms with Gasteiger partial charge in [0, 0.05) is 6.42 Å². The van der Waals surface area contributed by atoms with Crippen molar-refractivity contribution in [2.45, 2.75) is 6.42 Å². The van der Waals surface area contributed by atoms with E-state index in [1.54, 1.807) is 13.2 Å². The van der Waals surface area contributed by atoms with Crippen LogP contribution in [0, 0.1) is 0 Å². The summed E-state index contributed by atoms with van der Waals surface area (Å²) in [5.74, 6) is 0.782. The Bertz CT molecular complexity index is 328. The van der Waals surface area contributed by atoms with Crippen LogP contribution in [0.15, 0.2) is 42.1 Å². The summed E-state index contributed by atoms with van der Waals surface area (Å²) in [6.45, 7) is 3.59. The lowest BCUT2D eigenvalue weighted by molar-refractivity contribution is 0.318. The average Bonchev–Trinajstić information content (AvgIpc) is 2.26. The van der Waals surface area contributed by atoms with E-state index in [4.69, 9.17) is 9.94 Å². The molecule has 1 aromatic carbocycles. The van der Waals surface area contributed by atoms with Crippen LogP contribution in [-0.2, 0) is 0 Å². The van der Waals surface area contributed by atoms with Crippen LogP contribution in [0.4, 0.5) is 0 Å². The Morgan fingerprint density at radius 1 is 1.50 bits per heavy atom.